The van der Waals surface area contributed by atoms with E-state index < -0.39 is 46.7 Å². The van der Waals surface area contributed by atoms with Crippen molar-refractivity contribution in [2.45, 2.75) is 181 Å². The van der Waals surface area contributed by atoms with Crippen molar-refractivity contribution >= 4 is 23.7 Å². The molecule has 14 heteroatoms. The maximum Gasteiger partial charge on any atom is 0.336 e. The van der Waals surface area contributed by atoms with E-state index in [0.29, 0.717) is 54.2 Å². The van der Waals surface area contributed by atoms with Gasteiger partial charge in [-0.05, 0) is 155 Å². The summed E-state index contributed by atoms with van der Waals surface area (Å²) in [7, 11) is 0. The first-order chi connectivity index (χ1) is 35.5. The van der Waals surface area contributed by atoms with Crippen LogP contribution in [0, 0.1) is 68.0 Å². The number of hydrogen-bond acceptors (Lipinski definition) is 14. The maximum absolute atomic E-state index is 12.5. The van der Waals surface area contributed by atoms with Gasteiger partial charge in [0.15, 0.2) is 0 Å². The van der Waals surface area contributed by atoms with Crippen molar-refractivity contribution in [1.29, 1.82) is 0 Å². The number of esters is 3. The Balaban J connectivity index is 0.000000151. The van der Waals surface area contributed by atoms with E-state index >= 15 is 0 Å². The van der Waals surface area contributed by atoms with E-state index in [-0.39, 0.29) is 95.7 Å². The number of cyclic esters (lactones) is 3. The average Bonchev–Trinajstić information content (AvgIpc) is 4.01. The zero-order valence-corrected chi connectivity index (χ0v) is 46.8. The van der Waals surface area contributed by atoms with Crippen LogP contribution in [0.25, 0.3) is 0 Å². The third-order valence-electron chi connectivity index (χ3n) is 23.1. The molecule has 4 heterocycles. The highest BCUT2D eigenvalue weighted by Gasteiger charge is 2.68. The molecule has 1 unspecified atom stereocenters. The Morgan fingerprint density at radius 3 is 1.30 bits per heavy atom. The second-order valence-electron chi connectivity index (χ2n) is 26.7. The highest BCUT2D eigenvalue weighted by atomic mass is 16.6. The molecule has 10 aliphatic rings. The number of aliphatic hydroxyl groups is 6. The van der Waals surface area contributed by atoms with Crippen molar-refractivity contribution in [3.05, 3.63) is 71.4 Å². The number of rotatable bonds is 8. The van der Waals surface area contributed by atoms with Crippen molar-refractivity contribution < 1.29 is 68.8 Å². The highest BCUT2D eigenvalue weighted by molar-refractivity contribution is 5.92. The second kappa shape index (κ2) is 21.0. The molecule has 422 valence electrons. The third kappa shape index (κ3) is 9.50. The van der Waals surface area contributed by atoms with E-state index in [2.05, 4.69) is 54.4 Å². The molecule has 0 radical (unpaired) electrons. The number of ether oxygens (including phenoxy) is 4. The summed E-state index contributed by atoms with van der Waals surface area (Å²) in [6, 6.07) is 0. The van der Waals surface area contributed by atoms with Crippen LogP contribution in [0.1, 0.15) is 152 Å². The Labute approximate surface area is 451 Å². The van der Waals surface area contributed by atoms with Crippen LogP contribution in [0.3, 0.4) is 0 Å². The van der Waals surface area contributed by atoms with Gasteiger partial charge >= 0.3 is 17.9 Å². The number of carbonyl (C=O) groups excluding carboxylic acids is 4. The highest BCUT2D eigenvalue weighted by Crippen LogP contribution is 2.69. The normalized spacial score (nSPS) is 47.3. The van der Waals surface area contributed by atoms with Crippen molar-refractivity contribution in [1.82, 2.24) is 0 Å². The van der Waals surface area contributed by atoms with Crippen LogP contribution in [0.5, 0.6) is 0 Å². The Kier molecular flexibility index (Phi) is 16.2. The van der Waals surface area contributed by atoms with E-state index in [0.717, 1.165) is 82.0 Å². The molecule has 10 rings (SSSR count). The van der Waals surface area contributed by atoms with Crippen LogP contribution in [-0.2, 0) is 38.1 Å². The molecule has 6 N–H and O–H groups in total. The van der Waals surface area contributed by atoms with Crippen LogP contribution in [0.15, 0.2) is 71.4 Å². The molecule has 17 atom stereocenters. The summed E-state index contributed by atoms with van der Waals surface area (Å²) in [5.74, 6) is 0.390. The Hall–Kier alpha value is -3.76. The van der Waals surface area contributed by atoms with Crippen LogP contribution >= 0.6 is 0 Å². The summed E-state index contributed by atoms with van der Waals surface area (Å²) in [4.78, 5) is 47.8. The predicted molar refractivity (Wildman–Crippen MR) is 286 cm³/mol. The fourth-order valence-electron chi connectivity index (χ4n) is 17.3. The van der Waals surface area contributed by atoms with E-state index in [1.807, 2.05) is 32.9 Å². The van der Waals surface area contributed by atoms with E-state index in [1.54, 1.807) is 6.08 Å². The molecule has 0 bridgehead atoms. The first-order valence-corrected chi connectivity index (χ1v) is 28.3. The minimum atomic E-state index is -0.904. The van der Waals surface area contributed by atoms with Gasteiger partial charge < -0.3 is 49.6 Å². The van der Waals surface area contributed by atoms with E-state index in [4.69, 9.17) is 18.9 Å². The fraction of sp³-hybridized carbons (Fsp3) is 0.742. The molecule has 14 nitrogen and oxygen atoms in total. The monoisotopic (exact) mass is 1060 g/mol. The molecule has 0 aromatic carbocycles. The number of allylic oxidation sites excluding steroid dienone is 6. The van der Waals surface area contributed by atoms with Gasteiger partial charge in [-0.2, -0.15) is 0 Å². The predicted octanol–water partition coefficient (Wildman–Crippen LogP) is 7.92. The molecular weight excluding hydrogens is 969 g/mol. The number of fused-ring (bicyclic) bond motifs is 5. The Bertz CT molecular complexity index is 2450. The van der Waals surface area contributed by atoms with Crippen molar-refractivity contribution in [3.63, 3.8) is 0 Å². The van der Waals surface area contributed by atoms with Gasteiger partial charge in [0.1, 0.15) is 43.9 Å². The zero-order valence-electron chi connectivity index (χ0n) is 46.8. The van der Waals surface area contributed by atoms with Crippen molar-refractivity contribution in [3.8, 4) is 0 Å². The summed E-state index contributed by atoms with van der Waals surface area (Å²) in [5.41, 5.74) is 2.68. The van der Waals surface area contributed by atoms with Gasteiger partial charge in [-0.3, -0.25) is 4.79 Å². The van der Waals surface area contributed by atoms with Gasteiger partial charge in [0, 0.05) is 17.3 Å². The maximum atomic E-state index is 12.5. The lowest BCUT2D eigenvalue weighted by molar-refractivity contribution is -0.320. The van der Waals surface area contributed by atoms with Gasteiger partial charge in [0.25, 0.3) is 0 Å². The smallest absolute Gasteiger partial charge is 0.336 e. The minimum absolute atomic E-state index is 0.0182. The molecule has 4 saturated heterocycles. The third-order valence-corrected chi connectivity index (χ3v) is 23.1. The van der Waals surface area contributed by atoms with Crippen molar-refractivity contribution in [2.24, 2.45) is 68.0 Å². The van der Waals surface area contributed by atoms with Crippen LogP contribution in [0.4, 0.5) is 0 Å². The van der Waals surface area contributed by atoms with Gasteiger partial charge in [-0.1, -0.05) is 96.2 Å². The molecule has 6 saturated carbocycles. The average molecular weight is 1060 g/mol. The molecule has 6 aliphatic carbocycles. The summed E-state index contributed by atoms with van der Waals surface area (Å²) in [6.45, 7) is 31.0. The van der Waals surface area contributed by atoms with Gasteiger partial charge in [-0.25, -0.2) is 14.4 Å². The van der Waals surface area contributed by atoms with Gasteiger partial charge in [-0.15, -0.1) is 0 Å². The number of aliphatic hydroxyl groups excluding tert-OH is 5. The van der Waals surface area contributed by atoms with Crippen LogP contribution < -0.4 is 0 Å². The lowest BCUT2D eigenvalue weighted by Gasteiger charge is -2.69. The summed E-state index contributed by atoms with van der Waals surface area (Å²) in [5, 5.41) is 60.9. The van der Waals surface area contributed by atoms with Gasteiger partial charge in [0.2, 0.25) is 0 Å². The molecule has 0 amide bonds. The molecular formula is C62H90O14. The largest absolute Gasteiger partial charge is 0.459 e. The summed E-state index contributed by atoms with van der Waals surface area (Å²) >= 11 is 0. The van der Waals surface area contributed by atoms with Crippen LogP contribution in [0.2, 0.25) is 0 Å². The summed E-state index contributed by atoms with van der Waals surface area (Å²) in [6.07, 6.45) is 15.6. The molecule has 0 aromatic rings. The number of carbonyl (C=O) groups is 4. The number of hydrogen-bond donors (Lipinski definition) is 6. The molecule has 4 aliphatic heterocycles. The Morgan fingerprint density at radius 1 is 0.526 bits per heavy atom. The molecule has 10 fully saturated rings. The lowest BCUT2D eigenvalue weighted by Crippen LogP contribution is -2.70. The molecule has 0 spiro atoms. The second-order valence-corrected chi connectivity index (χ2v) is 26.7. The first kappa shape index (κ1) is 58.4. The van der Waals surface area contributed by atoms with Gasteiger partial charge in [0.05, 0.1) is 53.2 Å². The van der Waals surface area contributed by atoms with Crippen LogP contribution in [-0.4, -0.2) is 123 Å². The fourth-order valence-corrected chi connectivity index (χ4v) is 17.3. The number of Topliss-reactive ketones (excluding diaryl/α,β-unsaturated/α-hetero) is 1. The van der Waals surface area contributed by atoms with E-state index in [9.17, 15) is 49.8 Å². The number of ketones is 1. The summed E-state index contributed by atoms with van der Waals surface area (Å²) < 4.78 is 20.8. The molecule has 0 aromatic heterocycles. The standard InChI is InChI=1S/C21H32O5.C21H30O4.C20H28O5/c1-13-5-8-17-19(2,9-10-21(4,25)20(17,3)12-22)15(13)7-6-14-16(23)11-26-18(14)24;1-13-5-8-17-19(2,9-10-21(4)20(17,3)12-25-21)15(13)7-6-14-16(22)11-24-18(14)23;1-12-4-7-16-19(2,9-8-17(23)20(16,3)11-21)14(12)6-5-13-15(22)10-25-18(13)24/h6,15-17,22-23,25H,1,5,7-12H2,2-4H3;6,15-17,22H,1,5,7-12H2,2-4H3;5,14-16,21-22H,1,4,6-11H2,2-3H3/b2*14-6+;13-5+/t15-,16-,17+,19+,20+,21?;15-,16-,17+,19+,20+,21-;14-,15-,16+,19+,20+/m111/s1. The quantitative estimate of drug-likeness (QED) is 0.0588. The Morgan fingerprint density at radius 2 is 0.921 bits per heavy atom. The zero-order chi connectivity index (χ0) is 55.8. The minimum Gasteiger partial charge on any atom is -0.459 e. The SMILES string of the molecule is C=C1CC[C@H]2[C@@](C)(CCC(=O)[C@@]2(C)CO)[C@@H]1C/C=C1/C(=O)OC[C@H]1O.C=C1CC[C@H]2[C@@](C)(CCC(C)(O)[C@@]2(C)CO)[C@@H]1C/C=C1/C(=O)OC[C@H]1O.C=C1CC[C@H]2[C@@](C)(CC[C@@]3(C)OC[C@@]23C)[C@@H]1C/C=C1/C(=O)OC[C@H]1O. The van der Waals surface area contributed by atoms with Crippen molar-refractivity contribution in [2.75, 3.05) is 39.6 Å². The van der Waals surface area contributed by atoms with E-state index in [1.165, 1.54) is 12.0 Å². The first-order valence-electron chi connectivity index (χ1n) is 28.3. The topological polar surface area (TPSA) is 227 Å². The molecule has 76 heavy (non-hydrogen) atoms. The lowest BCUT2D eigenvalue weighted by atomic mass is 9.42.